The van der Waals surface area contributed by atoms with Crippen LogP contribution in [0.5, 0.6) is 11.5 Å². The van der Waals surface area contributed by atoms with Gasteiger partial charge in [-0.15, -0.1) is 0 Å². The quantitative estimate of drug-likeness (QED) is 0.767. The van der Waals surface area contributed by atoms with Gasteiger partial charge in [0.2, 0.25) is 0 Å². The summed E-state index contributed by atoms with van der Waals surface area (Å²) in [6.45, 7) is 3.93. The van der Waals surface area contributed by atoms with E-state index < -0.39 is 11.5 Å². The monoisotopic (exact) mass is 367 g/mol. The van der Waals surface area contributed by atoms with Gasteiger partial charge in [-0.25, -0.2) is 4.98 Å². The highest BCUT2D eigenvalue weighted by molar-refractivity contribution is 6.04. The molecule has 0 saturated carbocycles. The van der Waals surface area contributed by atoms with E-state index in [1.54, 1.807) is 25.2 Å². The summed E-state index contributed by atoms with van der Waals surface area (Å²) in [4.78, 5) is 29.8. The molecule has 0 atom stereocenters. The summed E-state index contributed by atoms with van der Waals surface area (Å²) in [6, 6.07) is 8.77. The minimum absolute atomic E-state index is 0.182. The molecular weight excluding hydrogens is 346 g/mol. The predicted octanol–water partition coefficient (Wildman–Crippen LogP) is 2.82. The van der Waals surface area contributed by atoms with Crippen molar-refractivity contribution in [1.29, 1.82) is 0 Å². The molecule has 0 bridgehead atoms. The Balaban J connectivity index is 2.08. The van der Waals surface area contributed by atoms with Gasteiger partial charge < -0.3 is 19.4 Å². The Morgan fingerprint density at radius 2 is 1.78 bits per heavy atom. The molecule has 0 radical (unpaired) electrons. The molecule has 0 aliphatic carbocycles. The Bertz CT molecular complexity index is 1100. The standard InChI is InChI=1S/C20H21N3O4/c1-11-8-14-16(9-12(11)2)23(3)20(25)18(21-14)19(24)22-15-10-13(26-4)6-7-17(15)27-5/h6-10H,1-5H3,(H,22,24). The highest BCUT2D eigenvalue weighted by atomic mass is 16.5. The van der Waals surface area contributed by atoms with Crippen LogP contribution in [0.2, 0.25) is 0 Å². The van der Waals surface area contributed by atoms with E-state index >= 15 is 0 Å². The van der Waals surface area contributed by atoms with Gasteiger partial charge in [-0.3, -0.25) is 9.59 Å². The molecule has 7 nitrogen and oxygen atoms in total. The molecule has 0 aliphatic heterocycles. The summed E-state index contributed by atoms with van der Waals surface area (Å²) in [6.07, 6.45) is 0. The molecule has 0 aliphatic rings. The minimum Gasteiger partial charge on any atom is -0.497 e. The first kappa shape index (κ1) is 18.4. The number of nitrogens with one attached hydrogen (secondary N) is 1. The lowest BCUT2D eigenvalue weighted by Gasteiger charge is -2.13. The summed E-state index contributed by atoms with van der Waals surface area (Å²) in [5.74, 6) is 0.395. The first-order valence-electron chi connectivity index (χ1n) is 8.37. The van der Waals surface area contributed by atoms with E-state index in [1.165, 1.54) is 18.8 Å². The molecule has 1 amide bonds. The van der Waals surface area contributed by atoms with Crippen LogP contribution >= 0.6 is 0 Å². The predicted molar refractivity (Wildman–Crippen MR) is 104 cm³/mol. The van der Waals surface area contributed by atoms with Crippen LogP contribution < -0.4 is 20.3 Å². The number of rotatable bonds is 4. The van der Waals surface area contributed by atoms with Crippen molar-refractivity contribution in [3.05, 3.63) is 57.5 Å². The van der Waals surface area contributed by atoms with Crippen LogP contribution in [0.4, 0.5) is 5.69 Å². The summed E-state index contributed by atoms with van der Waals surface area (Å²) in [7, 11) is 4.65. The molecule has 3 aromatic rings. The molecule has 0 fully saturated rings. The number of nitrogens with zero attached hydrogens (tertiary/aromatic N) is 2. The molecule has 2 aromatic carbocycles. The molecule has 140 valence electrons. The summed E-state index contributed by atoms with van der Waals surface area (Å²) >= 11 is 0. The van der Waals surface area contributed by atoms with Crippen molar-refractivity contribution in [2.24, 2.45) is 7.05 Å². The smallest absolute Gasteiger partial charge is 0.282 e. The zero-order valence-electron chi connectivity index (χ0n) is 15.9. The number of hydrogen-bond donors (Lipinski definition) is 1. The molecule has 0 saturated heterocycles. The molecule has 7 heteroatoms. The number of carbonyl (C=O) groups is 1. The first-order valence-corrected chi connectivity index (χ1v) is 8.37. The third-order valence-corrected chi connectivity index (χ3v) is 4.56. The Kier molecular flexibility index (Phi) is 4.85. The van der Waals surface area contributed by atoms with Gasteiger partial charge >= 0.3 is 0 Å². The van der Waals surface area contributed by atoms with E-state index in [2.05, 4.69) is 10.3 Å². The molecule has 1 heterocycles. The normalized spacial score (nSPS) is 10.7. The first-order chi connectivity index (χ1) is 12.8. The fourth-order valence-electron chi connectivity index (χ4n) is 2.82. The number of ether oxygens (including phenoxy) is 2. The van der Waals surface area contributed by atoms with Gasteiger partial charge in [0.15, 0.2) is 5.69 Å². The van der Waals surface area contributed by atoms with Crippen LogP contribution in [0.25, 0.3) is 11.0 Å². The van der Waals surface area contributed by atoms with Crippen LogP contribution in [-0.2, 0) is 7.05 Å². The van der Waals surface area contributed by atoms with Crippen molar-refractivity contribution < 1.29 is 14.3 Å². The highest BCUT2D eigenvalue weighted by Gasteiger charge is 2.18. The van der Waals surface area contributed by atoms with Gasteiger partial charge in [-0.1, -0.05) is 0 Å². The molecule has 0 spiro atoms. The number of aromatic nitrogens is 2. The largest absolute Gasteiger partial charge is 0.497 e. The number of benzene rings is 2. The number of hydrogen-bond acceptors (Lipinski definition) is 5. The number of anilines is 1. The maximum absolute atomic E-state index is 12.8. The van der Waals surface area contributed by atoms with E-state index in [-0.39, 0.29) is 5.69 Å². The van der Waals surface area contributed by atoms with Gasteiger partial charge in [0.05, 0.1) is 30.9 Å². The number of fused-ring (bicyclic) bond motifs is 1. The van der Waals surface area contributed by atoms with Crippen LogP contribution in [0.1, 0.15) is 21.6 Å². The van der Waals surface area contributed by atoms with Crippen LogP contribution in [-0.4, -0.2) is 29.7 Å². The fraction of sp³-hybridized carbons (Fsp3) is 0.250. The van der Waals surface area contributed by atoms with Gasteiger partial charge in [-0.2, -0.15) is 0 Å². The average Bonchev–Trinajstić information content (AvgIpc) is 2.66. The average molecular weight is 367 g/mol. The second-order valence-electron chi connectivity index (χ2n) is 6.27. The third-order valence-electron chi connectivity index (χ3n) is 4.56. The van der Waals surface area contributed by atoms with Gasteiger partial charge in [0, 0.05) is 13.1 Å². The van der Waals surface area contributed by atoms with Crippen molar-refractivity contribution in [3.63, 3.8) is 0 Å². The molecule has 1 N–H and O–H groups in total. The maximum Gasteiger partial charge on any atom is 0.282 e. The van der Waals surface area contributed by atoms with Crippen molar-refractivity contribution in [1.82, 2.24) is 9.55 Å². The van der Waals surface area contributed by atoms with Crippen LogP contribution in [0.15, 0.2) is 35.1 Å². The second kappa shape index (κ2) is 7.11. The van der Waals surface area contributed by atoms with Crippen molar-refractivity contribution >= 4 is 22.6 Å². The lowest BCUT2D eigenvalue weighted by atomic mass is 10.1. The van der Waals surface area contributed by atoms with E-state index in [9.17, 15) is 9.59 Å². The van der Waals surface area contributed by atoms with E-state index in [0.29, 0.717) is 28.2 Å². The second-order valence-corrected chi connectivity index (χ2v) is 6.27. The zero-order valence-corrected chi connectivity index (χ0v) is 15.9. The van der Waals surface area contributed by atoms with E-state index in [4.69, 9.17) is 9.47 Å². The fourth-order valence-corrected chi connectivity index (χ4v) is 2.82. The summed E-state index contributed by atoms with van der Waals surface area (Å²) in [5.41, 5.74) is 3.10. The van der Waals surface area contributed by atoms with Crippen LogP contribution in [0, 0.1) is 13.8 Å². The SMILES string of the molecule is COc1ccc(OC)c(NC(=O)c2nc3cc(C)c(C)cc3n(C)c2=O)c1. The molecular formula is C20H21N3O4. The maximum atomic E-state index is 12.8. The Hall–Kier alpha value is -3.35. The Morgan fingerprint density at radius 3 is 2.44 bits per heavy atom. The Labute approximate surface area is 156 Å². The topological polar surface area (TPSA) is 82.4 Å². The lowest BCUT2D eigenvalue weighted by molar-refractivity contribution is 0.102. The van der Waals surface area contributed by atoms with Crippen molar-refractivity contribution in [3.8, 4) is 11.5 Å². The summed E-state index contributed by atoms with van der Waals surface area (Å²) < 4.78 is 11.9. The highest BCUT2D eigenvalue weighted by Crippen LogP contribution is 2.29. The number of amides is 1. The van der Waals surface area contributed by atoms with Gasteiger partial charge in [0.25, 0.3) is 11.5 Å². The minimum atomic E-state index is -0.609. The summed E-state index contributed by atoms with van der Waals surface area (Å²) in [5, 5.41) is 2.69. The van der Waals surface area contributed by atoms with E-state index in [0.717, 1.165) is 11.1 Å². The van der Waals surface area contributed by atoms with E-state index in [1.807, 2.05) is 26.0 Å². The van der Waals surface area contributed by atoms with Gasteiger partial charge in [0.1, 0.15) is 11.5 Å². The molecule has 3 rings (SSSR count). The van der Waals surface area contributed by atoms with Crippen molar-refractivity contribution in [2.45, 2.75) is 13.8 Å². The molecule has 0 unspecified atom stereocenters. The van der Waals surface area contributed by atoms with Crippen LogP contribution in [0.3, 0.4) is 0 Å². The van der Waals surface area contributed by atoms with Gasteiger partial charge in [-0.05, 0) is 49.2 Å². The molecule has 1 aromatic heterocycles. The zero-order chi connectivity index (χ0) is 19.7. The number of methoxy groups -OCH3 is 2. The third kappa shape index (κ3) is 3.36. The van der Waals surface area contributed by atoms with Crippen molar-refractivity contribution in [2.75, 3.05) is 19.5 Å². The Morgan fingerprint density at radius 1 is 1.07 bits per heavy atom. The number of carbonyl (C=O) groups excluding carboxylic acids is 1. The molecule has 27 heavy (non-hydrogen) atoms. The lowest BCUT2D eigenvalue weighted by Crippen LogP contribution is -2.30. The number of aryl methyl sites for hydroxylation is 3.